The number of benzene rings is 1. The van der Waals surface area contributed by atoms with Crippen LogP contribution in [0, 0.1) is 0 Å². The Bertz CT molecular complexity index is 432. The average molecular weight is 299 g/mol. The molecule has 0 heterocycles. The first kappa shape index (κ1) is 17.3. The number of hydrogen-bond donors (Lipinski definition) is 1. The maximum Gasteiger partial charge on any atom is 0.138 e. The van der Waals surface area contributed by atoms with Gasteiger partial charge in [0.1, 0.15) is 12.4 Å². The maximum absolute atomic E-state index is 6.32. The predicted octanol–water partition coefficient (Wildman–Crippen LogP) is 3.73. The van der Waals surface area contributed by atoms with Gasteiger partial charge in [0.25, 0.3) is 0 Å². The molecule has 114 valence electrons. The normalized spacial score (nSPS) is 13.6. The largest absolute Gasteiger partial charge is 0.490 e. The Labute approximate surface area is 128 Å². The monoisotopic (exact) mass is 298 g/mol. The third-order valence-electron chi connectivity index (χ3n) is 3.76. The molecule has 3 nitrogen and oxygen atoms in total. The van der Waals surface area contributed by atoms with Crippen LogP contribution in [-0.4, -0.2) is 37.7 Å². The topological polar surface area (TPSA) is 24.5 Å². The summed E-state index contributed by atoms with van der Waals surface area (Å²) in [5.41, 5.74) is 1.15. The van der Waals surface area contributed by atoms with Crippen molar-refractivity contribution < 1.29 is 4.74 Å². The zero-order valence-corrected chi connectivity index (χ0v) is 14.2. The fourth-order valence-corrected chi connectivity index (χ4v) is 1.95. The van der Waals surface area contributed by atoms with Gasteiger partial charge < -0.3 is 15.0 Å². The Hall–Kier alpha value is -0.770. The molecule has 0 fully saturated rings. The van der Waals surface area contributed by atoms with Gasteiger partial charge in [0.05, 0.1) is 5.02 Å². The highest BCUT2D eigenvalue weighted by Crippen LogP contribution is 2.28. The number of nitrogens with one attached hydrogen (secondary N) is 1. The highest BCUT2D eigenvalue weighted by molar-refractivity contribution is 6.32. The molecule has 1 unspecified atom stereocenters. The van der Waals surface area contributed by atoms with Crippen LogP contribution in [0.5, 0.6) is 5.75 Å². The number of halogens is 1. The van der Waals surface area contributed by atoms with Crippen LogP contribution < -0.4 is 10.1 Å². The van der Waals surface area contributed by atoms with E-state index in [4.69, 9.17) is 16.3 Å². The molecule has 0 bridgehead atoms. The molecular formula is C16H27ClN2O. The molecule has 0 radical (unpaired) electrons. The first-order valence-corrected chi connectivity index (χ1v) is 7.48. The van der Waals surface area contributed by atoms with Crippen molar-refractivity contribution in [3.05, 3.63) is 28.8 Å². The van der Waals surface area contributed by atoms with Gasteiger partial charge in [0, 0.05) is 11.6 Å². The third kappa shape index (κ3) is 4.65. The molecule has 1 N–H and O–H groups in total. The summed E-state index contributed by atoms with van der Waals surface area (Å²) in [5.74, 6) is 0.744. The van der Waals surface area contributed by atoms with Crippen LogP contribution >= 0.6 is 11.6 Å². The Morgan fingerprint density at radius 1 is 1.35 bits per heavy atom. The number of likely N-dealkylation sites (N-methyl/N-ethyl adjacent to an activating group) is 1. The Balaban J connectivity index is 2.74. The van der Waals surface area contributed by atoms with Crippen LogP contribution in [0.2, 0.25) is 5.02 Å². The van der Waals surface area contributed by atoms with Crippen molar-refractivity contribution in [1.29, 1.82) is 0 Å². The number of ether oxygens (including phenoxy) is 1. The SMILES string of the molecule is CCNC(C)c1ccc(OCC(C)(C)N(C)C)c(Cl)c1. The predicted molar refractivity (Wildman–Crippen MR) is 86.8 cm³/mol. The van der Waals surface area contributed by atoms with E-state index in [-0.39, 0.29) is 5.54 Å². The summed E-state index contributed by atoms with van der Waals surface area (Å²) in [7, 11) is 4.10. The zero-order valence-electron chi connectivity index (χ0n) is 13.5. The fourth-order valence-electron chi connectivity index (χ4n) is 1.71. The van der Waals surface area contributed by atoms with Crippen molar-refractivity contribution in [1.82, 2.24) is 10.2 Å². The van der Waals surface area contributed by atoms with Gasteiger partial charge >= 0.3 is 0 Å². The maximum atomic E-state index is 6.32. The van der Waals surface area contributed by atoms with Crippen molar-refractivity contribution in [3.63, 3.8) is 0 Å². The molecule has 0 spiro atoms. The summed E-state index contributed by atoms with van der Waals surface area (Å²) in [6.07, 6.45) is 0. The lowest BCUT2D eigenvalue weighted by Gasteiger charge is -2.32. The molecule has 4 heteroatoms. The molecule has 1 aromatic carbocycles. The van der Waals surface area contributed by atoms with E-state index in [1.807, 2.05) is 26.2 Å². The first-order chi connectivity index (χ1) is 9.27. The molecule has 1 aromatic rings. The second-order valence-electron chi connectivity index (χ2n) is 5.96. The molecule has 20 heavy (non-hydrogen) atoms. The minimum Gasteiger partial charge on any atom is -0.490 e. The second kappa shape index (κ2) is 7.30. The van der Waals surface area contributed by atoms with Crippen LogP contribution in [0.15, 0.2) is 18.2 Å². The number of hydrogen-bond acceptors (Lipinski definition) is 3. The van der Waals surface area contributed by atoms with Gasteiger partial charge in [-0.05, 0) is 59.1 Å². The Kier molecular flexibility index (Phi) is 6.31. The molecular weight excluding hydrogens is 272 g/mol. The minimum absolute atomic E-state index is 0.0287. The Morgan fingerprint density at radius 2 is 2.00 bits per heavy atom. The molecule has 1 atom stereocenters. The van der Waals surface area contributed by atoms with Gasteiger partial charge in [-0.3, -0.25) is 0 Å². The third-order valence-corrected chi connectivity index (χ3v) is 4.05. The van der Waals surface area contributed by atoms with Gasteiger partial charge in [0.15, 0.2) is 0 Å². The van der Waals surface area contributed by atoms with Gasteiger partial charge in [-0.2, -0.15) is 0 Å². The van der Waals surface area contributed by atoms with Crippen molar-refractivity contribution in [2.45, 2.75) is 39.3 Å². The molecule has 0 aliphatic heterocycles. The lowest BCUT2D eigenvalue weighted by atomic mass is 10.1. The molecule has 0 saturated carbocycles. The molecule has 0 saturated heterocycles. The molecule has 0 aliphatic rings. The van der Waals surface area contributed by atoms with E-state index < -0.39 is 0 Å². The van der Waals surface area contributed by atoms with Crippen LogP contribution in [0.4, 0.5) is 0 Å². The van der Waals surface area contributed by atoms with E-state index in [1.54, 1.807) is 0 Å². The highest BCUT2D eigenvalue weighted by atomic mass is 35.5. The van der Waals surface area contributed by atoms with Crippen LogP contribution in [0.25, 0.3) is 0 Å². The van der Waals surface area contributed by atoms with E-state index in [0.717, 1.165) is 12.3 Å². The number of nitrogens with zero attached hydrogens (tertiary/aromatic N) is 1. The fraction of sp³-hybridized carbons (Fsp3) is 0.625. The van der Waals surface area contributed by atoms with Gasteiger partial charge in [-0.1, -0.05) is 24.6 Å². The summed E-state index contributed by atoms with van der Waals surface area (Å²) in [5, 5.41) is 4.04. The summed E-state index contributed by atoms with van der Waals surface area (Å²) < 4.78 is 5.86. The van der Waals surface area contributed by atoms with E-state index in [0.29, 0.717) is 17.7 Å². The smallest absolute Gasteiger partial charge is 0.138 e. The molecule has 1 rings (SSSR count). The van der Waals surface area contributed by atoms with E-state index in [1.165, 1.54) is 5.56 Å². The van der Waals surface area contributed by atoms with E-state index in [9.17, 15) is 0 Å². The highest BCUT2D eigenvalue weighted by Gasteiger charge is 2.21. The number of rotatable bonds is 7. The van der Waals surface area contributed by atoms with Crippen molar-refractivity contribution in [2.75, 3.05) is 27.2 Å². The summed E-state index contributed by atoms with van der Waals surface area (Å²) in [6.45, 7) is 10.0. The second-order valence-corrected chi connectivity index (χ2v) is 6.37. The Morgan fingerprint density at radius 3 is 2.50 bits per heavy atom. The van der Waals surface area contributed by atoms with Crippen molar-refractivity contribution >= 4 is 11.6 Å². The molecule has 0 amide bonds. The van der Waals surface area contributed by atoms with Crippen molar-refractivity contribution in [3.8, 4) is 5.75 Å². The first-order valence-electron chi connectivity index (χ1n) is 7.11. The molecule has 0 aromatic heterocycles. The average Bonchev–Trinajstić information content (AvgIpc) is 2.37. The minimum atomic E-state index is -0.0287. The van der Waals surface area contributed by atoms with Crippen LogP contribution in [0.3, 0.4) is 0 Å². The summed E-state index contributed by atoms with van der Waals surface area (Å²) in [4.78, 5) is 2.14. The summed E-state index contributed by atoms with van der Waals surface area (Å²) in [6, 6.07) is 6.30. The van der Waals surface area contributed by atoms with Gasteiger partial charge in [0.2, 0.25) is 0 Å². The standard InChI is InChI=1S/C16H27ClN2O/c1-7-18-12(2)13-8-9-15(14(17)10-13)20-11-16(3,4)19(5)6/h8-10,12,18H,7,11H2,1-6H3. The van der Waals surface area contributed by atoms with E-state index in [2.05, 4.69) is 44.0 Å². The zero-order chi connectivity index (χ0) is 15.3. The lowest BCUT2D eigenvalue weighted by molar-refractivity contribution is 0.114. The van der Waals surface area contributed by atoms with Gasteiger partial charge in [-0.15, -0.1) is 0 Å². The van der Waals surface area contributed by atoms with E-state index >= 15 is 0 Å². The van der Waals surface area contributed by atoms with Crippen molar-refractivity contribution in [2.24, 2.45) is 0 Å². The van der Waals surface area contributed by atoms with Crippen LogP contribution in [0.1, 0.15) is 39.3 Å². The van der Waals surface area contributed by atoms with Crippen LogP contribution in [-0.2, 0) is 0 Å². The van der Waals surface area contributed by atoms with Gasteiger partial charge in [-0.25, -0.2) is 0 Å². The lowest BCUT2D eigenvalue weighted by Crippen LogP contribution is -2.43. The summed E-state index contributed by atoms with van der Waals surface area (Å²) >= 11 is 6.32. The quantitative estimate of drug-likeness (QED) is 0.830. The molecule has 0 aliphatic carbocycles.